The third-order valence-electron chi connectivity index (χ3n) is 2.87. The number of halogens is 3. The van der Waals surface area contributed by atoms with Gasteiger partial charge in [0.25, 0.3) is 0 Å². The molecule has 0 bridgehead atoms. The summed E-state index contributed by atoms with van der Waals surface area (Å²) in [5.41, 5.74) is 0.360. The van der Waals surface area contributed by atoms with Crippen molar-refractivity contribution in [3.63, 3.8) is 0 Å². The highest BCUT2D eigenvalue weighted by molar-refractivity contribution is 6.21. The first-order valence-electron chi connectivity index (χ1n) is 5.35. The lowest BCUT2D eigenvalue weighted by Crippen LogP contribution is -2.21. The SMILES string of the molecule is Fc1ccc(C(Cl)C2CCCOC2)c(F)c1. The van der Waals surface area contributed by atoms with Crippen LogP contribution in [-0.4, -0.2) is 13.2 Å². The molecule has 2 atom stereocenters. The first-order valence-corrected chi connectivity index (χ1v) is 5.79. The minimum absolute atomic E-state index is 0.107. The molecule has 1 fully saturated rings. The van der Waals surface area contributed by atoms with Gasteiger partial charge < -0.3 is 4.74 Å². The summed E-state index contributed by atoms with van der Waals surface area (Å²) in [6.45, 7) is 1.29. The zero-order chi connectivity index (χ0) is 11.5. The summed E-state index contributed by atoms with van der Waals surface area (Å²) in [4.78, 5) is 0. The summed E-state index contributed by atoms with van der Waals surface area (Å²) in [6.07, 6.45) is 1.86. The van der Waals surface area contributed by atoms with E-state index in [2.05, 4.69) is 0 Å². The number of alkyl halides is 1. The summed E-state index contributed by atoms with van der Waals surface area (Å²) in [7, 11) is 0. The van der Waals surface area contributed by atoms with Gasteiger partial charge in [-0.2, -0.15) is 0 Å². The average Bonchev–Trinajstić information content (AvgIpc) is 2.29. The van der Waals surface area contributed by atoms with Gasteiger partial charge in [-0.15, -0.1) is 11.6 Å². The predicted molar refractivity (Wildman–Crippen MR) is 58.5 cm³/mol. The molecule has 1 saturated heterocycles. The highest BCUT2D eigenvalue weighted by Crippen LogP contribution is 2.35. The fourth-order valence-corrected chi connectivity index (χ4v) is 2.35. The fraction of sp³-hybridized carbons (Fsp3) is 0.500. The molecule has 1 aromatic rings. The van der Waals surface area contributed by atoms with Crippen molar-refractivity contribution >= 4 is 11.6 Å². The van der Waals surface area contributed by atoms with Crippen LogP contribution in [0.25, 0.3) is 0 Å². The topological polar surface area (TPSA) is 9.23 Å². The molecule has 1 aliphatic rings. The van der Waals surface area contributed by atoms with Crippen molar-refractivity contribution in [2.75, 3.05) is 13.2 Å². The van der Waals surface area contributed by atoms with E-state index in [1.165, 1.54) is 12.1 Å². The van der Waals surface area contributed by atoms with Crippen molar-refractivity contribution in [2.45, 2.75) is 18.2 Å². The molecule has 0 spiro atoms. The minimum Gasteiger partial charge on any atom is -0.381 e. The van der Waals surface area contributed by atoms with Crippen LogP contribution >= 0.6 is 11.6 Å². The van der Waals surface area contributed by atoms with E-state index >= 15 is 0 Å². The van der Waals surface area contributed by atoms with Crippen LogP contribution < -0.4 is 0 Å². The van der Waals surface area contributed by atoms with E-state index in [4.69, 9.17) is 16.3 Å². The standard InChI is InChI=1S/C12H13ClF2O/c13-12(8-2-1-5-16-7-8)10-4-3-9(14)6-11(10)15/h3-4,6,8,12H,1-2,5,7H2. The quantitative estimate of drug-likeness (QED) is 0.724. The molecule has 0 amide bonds. The third-order valence-corrected chi connectivity index (χ3v) is 3.46. The lowest BCUT2D eigenvalue weighted by molar-refractivity contribution is 0.0528. The van der Waals surface area contributed by atoms with E-state index in [0.717, 1.165) is 25.5 Å². The Bertz CT molecular complexity index is 364. The van der Waals surface area contributed by atoms with E-state index in [9.17, 15) is 8.78 Å². The summed E-state index contributed by atoms with van der Waals surface area (Å²) in [5.74, 6) is -1.05. The molecule has 88 valence electrons. The molecular formula is C12H13ClF2O. The van der Waals surface area contributed by atoms with Crippen LogP contribution in [0, 0.1) is 17.6 Å². The number of hydrogen-bond donors (Lipinski definition) is 0. The molecule has 4 heteroatoms. The van der Waals surface area contributed by atoms with Crippen LogP contribution in [0.4, 0.5) is 8.78 Å². The lowest BCUT2D eigenvalue weighted by Gasteiger charge is -2.26. The maximum atomic E-state index is 13.5. The number of hydrogen-bond acceptors (Lipinski definition) is 1. The highest BCUT2D eigenvalue weighted by atomic mass is 35.5. The van der Waals surface area contributed by atoms with Crippen molar-refractivity contribution in [3.05, 3.63) is 35.4 Å². The summed E-state index contributed by atoms with van der Waals surface area (Å²) in [6, 6.07) is 3.52. The second-order valence-corrected chi connectivity index (χ2v) is 4.52. The summed E-state index contributed by atoms with van der Waals surface area (Å²) in [5, 5.41) is -0.444. The Kier molecular flexibility index (Phi) is 3.77. The molecule has 16 heavy (non-hydrogen) atoms. The number of benzene rings is 1. The van der Waals surface area contributed by atoms with Gasteiger partial charge in [0.2, 0.25) is 0 Å². The smallest absolute Gasteiger partial charge is 0.130 e. The van der Waals surface area contributed by atoms with Gasteiger partial charge in [0.05, 0.1) is 12.0 Å². The van der Waals surface area contributed by atoms with Crippen molar-refractivity contribution < 1.29 is 13.5 Å². The normalized spacial score (nSPS) is 23.1. The van der Waals surface area contributed by atoms with Crippen LogP contribution in [0.2, 0.25) is 0 Å². The van der Waals surface area contributed by atoms with Gasteiger partial charge in [-0.05, 0) is 18.9 Å². The Balaban J connectivity index is 2.15. The van der Waals surface area contributed by atoms with Gasteiger partial charge in [-0.25, -0.2) is 8.78 Å². The molecule has 0 saturated carbocycles. The van der Waals surface area contributed by atoms with Crippen molar-refractivity contribution in [2.24, 2.45) is 5.92 Å². The van der Waals surface area contributed by atoms with Gasteiger partial charge in [-0.1, -0.05) is 6.07 Å². The summed E-state index contributed by atoms with van der Waals surface area (Å²) >= 11 is 6.20. The number of ether oxygens (including phenoxy) is 1. The van der Waals surface area contributed by atoms with E-state index in [1.54, 1.807) is 0 Å². The van der Waals surface area contributed by atoms with Gasteiger partial charge in [-0.3, -0.25) is 0 Å². The summed E-state index contributed by atoms with van der Waals surface area (Å²) < 4.78 is 31.5. The van der Waals surface area contributed by atoms with E-state index in [1.807, 2.05) is 0 Å². The van der Waals surface area contributed by atoms with Gasteiger partial charge in [0.1, 0.15) is 11.6 Å². The van der Waals surface area contributed by atoms with Crippen molar-refractivity contribution in [1.82, 2.24) is 0 Å². The molecule has 1 aliphatic heterocycles. The van der Waals surface area contributed by atoms with Crippen LogP contribution in [0.5, 0.6) is 0 Å². The average molecular weight is 247 g/mol. The highest BCUT2D eigenvalue weighted by Gasteiger charge is 2.25. The molecule has 1 aromatic carbocycles. The fourth-order valence-electron chi connectivity index (χ4n) is 1.98. The van der Waals surface area contributed by atoms with Crippen LogP contribution in [0.1, 0.15) is 23.8 Å². The molecule has 0 aliphatic carbocycles. The third kappa shape index (κ3) is 2.53. The zero-order valence-corrected chi connectivity index (χ0v) is 9.51. The predicted octanol–water partition coefficient (Wildman–Crippen LogP) is 3.67. The zero-order valence-electron chi connectivity index (χ0n) is 8.76. The maximum absolute atomic E-state index is 13.5. The Morgan fingerprint density at radius 2 is 2.19 bits per heavy atom. The molecule has 1 nitrogen and oxygen atoms in total. The van der Waals surface area contributed by atoms with Crippen LogP contribution in [0.3, 0.4) is 0 Å². The minimum atomic E-state index is -0.579. The second-order valence-electron chi connectivity index (χ2n) is 4.04. The van der Waals surface area contributed by atoms with E-state index < -0.39 is 17.0 Å². The molecular weight excluding hydrogens is 234 g/mol. The van der Waals surface area contributed by atoms with Crippen LogP contribution in [0.15, 0.2) is 18.2 Å². The molecule has 0 radical (unpaired) electrons. The molecule has 1 heterocycles. The van der Waals surface area contributed by atoms with Crippen molar-refractivity contribution in [3.8, 4) is 0 Å². The number of rotatable bonds is 2. The second kappa shape index (κ2) is 5.11. The largest absolute Gasteiger partial charge is 0.381 e. The van der Waals surface area contributed by atoms with Crippen molar-refractivity contribution in [1.29, 1.82) is 0 Å². The molecule has 0 aromatic heterocycles. The molecule has 0 N–H and O–H groups in total. The van der Waals surface area contributed by atoms with E-state index in [-0.39, 0.29) is 5.92 Å². The first-order chi connectivity index (χ1) is 7.68. The van der Waals surface area contributed by atoms with Gasteiger partial charge >= 0.3 is 0 Å². The van der Waals surface area contributed by atoms with Crippen LogP contribution in [-0.2, 0) is 4.74 Å². The van der Waals surface area contributed by atoms with Gasteiger partial charge in [0.15, 0.2) is 0 Å². The maximum Gasteiger partial charge on any atom is 0.130 e. The first kappa shape index (κ1) is 11.8. The Hall–Kier alpha value is -0.670. The van der Waals surface area contributed by atoms with Gasteiger partial charge in [0, 0.05) is 24.2 Å². The Labute approximate surface area is 98.4 Å². The lowest BCUT2D eigenvalue weighted by atomic mass is 9.93. The van der Waals surface area contributed by atoms with E-state index in [0.29, 0.717) is 12.2 Å². The molecule has 2 rings (SSSR count). The Morgan fingerprint density at radius 1 is 1.38 bits per heavy atom. The molecule has 2 unspecified atom stereocenters. The monoisotopic (exact) mass is 246 g/mol. The Morgan fingerprint density at radius 3 is 2.81 bits per heavy atom.